The number of pyridine rings is 1. The highest BCUT2D eigenvalue weighted by Crippen LogP contribution is 2.18. The van der Waals surface area contributed by atoms with E-state index in [9.17, 15) is 0 Å². The van der Waals surface area contributed by atoms with Crippen LogP contribution in [-0.2, 0) is 6.54 Å². The van der Waals surface area contributed by atoms with Gasteiger partial charge in [0.15, 0.2) is 5.65 Å². The van der Waals surface area contributed by atoms with Crippen LogP contribution in [0.25, 0.3) is 11.2 Å². The summed E-state index contributed by atoms with van der Waals surface area (Å²) < 4.78 is 3.21. The number of hydrogen-bond donors (Lipinski definition) is 1. The second-order valence-electron chi connectivity index (χ2n) is 4.75. The molecule has 2 N–H and O–H groups in total. The summed E-state index contributed by atoms with van der Waals surface area (Å²) >= 11 is 3.46. The predicted octanol–water partition coefficient (Wildman–Crippen LogP) is 1.78. The molecule has 19 heavy (non-hydrogen) atoms. The maximum atomic E-state index is 5.54. The predicted molar refractivity (Wildman–Crippen MR) is 81.1 cm³/mol. The minimum atomic E-state index is 0.709. The fourth-order valence-electron chi connectivity index (χ4n) is 2.21. The zero-order valence-corrected chi connectivity index (χ0v) is 13.0. The van der Waals surface area contributed by atoms with Crippen LogP contribution in [0.15, 0.2) is 16.7 Å². The van der Waals surface area contributed by atoms with Gasteiger partial charge < -0.3 is 15.2 Å². The number of imidazole rings is 1. The largest absolute Gasteiger partial charge is 0.329 e. The molecule has 0 spiro atoms. The highest BCUT2D eigenvalue weighted by Gasteiger charge is 2.08. The molecule has 6 heteroatoms. The van der Waals surface area contributed by atoms with E-state index in [-0.39, 0.29) is 0 Å². The molecule has 2 heterocycles. The van der Waals surface area contributed by atoms with Crippen LogP contribution < -0.4 is 5.73 Å². The van der Waals surface area contributed by atoms with Crippen LogP contribution in [0.2, 0.25) is 0 Å². The van der Waals surface area contributed by atoms with Gasteiger partial charge in [-0.1, -0.05) is 0 Å². The Balaban J connectivity index is 2.07. The number of nitrogens with two attached hydrogens (primary N) is 1. The molecule has 0 bridgehead atoms. The average molecular weight is 326 g/mol. The van der Waals surface area contributed by atoms with Gasteiger partial charge in [0.05, 0.1) is 5.52 Å². The molecule has 0 saturated heterocycles. The van der Waals surface area contributed by atoms with Crippen LogP contribution in [0.5, 0.6) is 0 Å². The molecular weight excluding hydrogens is 306 g/mol. The van der Waals surface area contributed by atoms with Crippen molar-refractivity contribution < 1.29 is 0 Å². The number of aromatic nitrogens is 3. The summed E-state index contributed by atoms with van der Waals surface area (Å²) in [5.41, 5.74) is 7.45. The summed E-state index contributed by atoms with van der Waals surface area (Å²) in [6, 6.07) is 2.08. The van der Waals surface area contributed by atoms with Crippen LogP contribution >= 0.6 is 15.9 Å². The van der Waals surface area contributed by atoms with Gasteiger partial charge in [-0.2, -0.15) is 0 Å². The minimum Gasteiger partial charge on any atom is -0.329 e. The summed E-state index contributed by atoms with van der Waals surface area (Å²) in [6.45, 7) is 5.67. The first kappa shape index (κ1) is 14.4. The number of fused-ring (bicyclic) bond motifs is 1. The number of aryl methyl sites for hydroxylation is 2. The Morgan fingerprint density at radius 3 is 2.95 bits per heavy atom. The number of rotatable bonds is 6. The monoisotopic (exact) mass is 325 g/mol. The molecule has 0 saturated carbocycles. The van der Waals surface area contributed by atoms with Crippen molar-refractivity contribution in [1.29, 1.82) is 0 Å². The Labute approximate surface area is 121 Å². The summed E-state index contributed by atoms with van der Waals surface area (Å²) in [4.78, 5) is 11.1. The number of nitrogens with zero attached hydrogens (tertiary/aromatic N) is 4. The van der Waals surface area contributed by atoms with E-state index in [0.29, 0.717) is 6.54 Å². The van der Waals surface area contributed by atoms with Crippen LogP contribution in [0.4, 0.5) is 0 Å². The van der Waals surface area contributed by atoms with E-state index in [1.165, 1.54) is 0 Å². The Morgan fingerprint density at radius 2 is 2.21 bits per heavy atom. The Hall–Kier alpha value is -0.980. The number of likely N-dealkylation sites (N-methyl/N-ethyl adjacent to an activating group) is 1. The van der Waals surface area contributed by atoms with Crippen molar-refractivity contribution in [3.05, 3.63) is 22.6 Å². The van der Waals surface area contributed by atoms with Gasteiger partial charge in [-0.3, -0.25) is 0 Å². The molecular formula is C13H20BrN5. The molecule has 0 aliphatic rings. The lowest BCUT2D eigenvalue weighted by Gasteiger charge is -2.15. The lowest BCUT2D eigenvalue weighted by atomic mass is 10.3. The van der Waals surface area contributed by atoms with Crippen LogP contribution in [0, 0.1) is 6.92 Å². The van der Waals surface area contributed by atoms with Crippen molar-refractivity contribution in [3.8, 4) is 0 Å². The first-order chi connectivity index (χ1) is 9.11. The topological polar surface area (TPSA) is 60.0 Å². The molecule has 2 aromatic rings. The SMILES string of the molecule is Cc1nc2ncc(Br)cc2n1CCCN(C)CCN. The normalized spacial score (nSPS) is 11.6. The van der Waals surface area contributed by atoms with E-state index in [1.807, 2.05) is 6.92 Å². The van der Waals surface area contributed by atoms with Gasteiger partial charge >= 0.3 is 0 Å². The van der Waals surface area contributed by atoms with E-state index >= 15 is 0 Å². The quantitative estimate of drug-likeness (QED) is 0.879. The van der Waals surface area contributed by atoms with Gasteiger partial charge in [0.2, 0.25) is 0 Å². The Kier molecular flexibility index (Phi) is 4.90. The molecule has 0 aliphatic carbocycles. The van der Waals surface area contributed by atoms with Gasteiger partial charge in [0.1, 0.15) is 5.82 Å². The maximum absolute atomic E-state index is 5.54. The van der Waals surface area contributed by atoms with Crippen molar-refractivity contribution >= 4 is 27.1 Å². The van der Waals surface area contributed by atoms with Gasteiger partial charge in [0, 0.05) is 30.3 Å². The standard InChI is InChI=1S/C13H20BrN5/c1-10-17-13-12(8-11(14)9-16-13)19(10)6-3-5-18(2)7-4-15/h8-9H,3-7,15H2,1-2H3. The zero-order valence-electron chi connectivity index (χ0n) is 11.4. The molecule has 0 aromatic carbocycles. The third-order valence-electron chi connectivity index (χ3n) is 3.20. The van der Waals surface area contributed by atoms with E-state index in [1.54, 1.807) is 6.20 Å². The smallest absolute Gasteiger partial charge is 0.177 e. The molecule has 0 amide bonds. The molecule has 2 aromatic heterocycles. The van der Waals surface area contributed by atoms with Gasteiger partial charge in [0.25, 0.3) is 0 Å². The molecule has 0 aliphatic heterocycles. The van der Waals surface area contributed by atoms with E-state index in [4.69, 9.17) is 5.73 Å². The van der Waals surface area contributed by atoms with Gasteiger partial charge in [-0.25, -0.2) is 9.97 Å². The molecule has 104 valence electrons. The second-order valence-corrected chi connectivity index (χ2v) is 5.67. The van der Waals surface area contributed by atoms with Gasteiger partial charge in [-0.15, -0.1) is 0 Å². The van der Waals surface area contributed by atoms with Crippen molar-refractivity contribution in [1.82, 2.24) is 19.4 Å². The summed E-state index contributed by atoms with van der Waals surface area (Å²) in [5.74, 6) is 1.02. The highest BCUT2D eigenvalue weighted by atomic mass is 79.9. The van der Waals surface area contributed by atoms with E-state index in [0.717, 1.165) is 47.5 Å². The molecule has 0 radical (unpaired) electrons. The molecule has 5 nitrogen and oxygen atoms in total. The number of halogens is 1. The minimum absolute atomic E-state index is 0.709. The summed E-state index contributed by atoms with van der Waals surface area (Å²) in [6.07, 6.45) is 2.86. The third kappa shape index (κ3) is 3.52. The second kappa shape index (κ2) is 6.45. The van der Waals surface area contributed by atoms with Crippen LogP contribution in [-0.4, -0.2) is 46.1 Å². The van der Waals surface area contributed by atoms with Crippen molar-refractivity contribution in [2.45, 2.75) is 19.9 Å². The fraction of sp³-hybridized carbons (Fsp3) is 0.538. The van der Waals surface area contributed by atoms with Crippen LogP contribution in [0.1, 0.15) is 12.2 Å². The maximum Gasteiger partial charge on any atom is 0.177 e. The lowest BCUT2D eigenvalue weighted by Crippen LogP contribution is -2.27. The van der Waals surface area contributed by atoms with Gasteiger partial charge in [-0.05, 0) is 48.9 Å². The summed E-state index contributed by atoms with van der Waals surface area (Å²) in [7, 11) is 2.10. The van der Waals surface area contributed by atoms with Crippen molar-refractivity contribution in [2.75, 3.05) is 26.7 Å². The molecule has 0 fully saturated rings. The third-order valence-corrected chi connectivity index (χ3v) is 3.63. The Morgan fingerprint density at radius 1 is 1.42 bits per heavy atom. The summed E-state index contributed by atoms with van der Waals surface area (Å²) in [5, 5.41) is 0. The van der Waals surface area contributed by atoms with E-state index in [2.05, 4.69) is 48.5 Å². The Bertz CT molecular complexity index is 551. The first-order valence-corrected chi connectivity index (χ1v) is 7.28. The zero-order chi connectivity index (χ0) is 13.8. The van der Waals surface area contributed by atoms with Crippen LogP contribution in [0.3, 0.4) is 0 Å². The fourth-order valence-corrected chi connectivity index (χ4v) is 2.53. The molecule has 2 rings (SSSR count). The van der Waals surface area contributed by atoms with Crippen molar-refractivity contribution in [2.24, 2.45) is 5.73 Å². The van der Waals surface area contributed by atoms with Crippen molar-refractivity contribution in [3.63, 3.8) is 0 Å². The molecule has 0 atom stereocenters. The molecule has 0 unspecified atom stereocenters. The lowest BCUT2D eigenvalue weighted by molar-refractivity contribution is 0.330. The highest BCUT2D eigenvalue weighted by molar-refractivity contribution is 9.10. The first-order valence-electron chi connectivity index (χ1n) is 6.49. The van der Waals surface area contributed by atoms with E-state index < -0.39 is 0 Å². The average Bonchev–Trinajstić information content (AvgIpc) is 2.66. The number of hydrogen-bond acceptors (Lipinski definition) is 4.